The van der Waals surface area contributed by atoms with E-state index >= 15 is 0 Å². The molecular formula is C14H19NO4. The molecule has 0 saturated carbocycles. The van der Waals surface area contributed by atoms with E-state index in [0.29, 0.717) is 0 Å². The monoisotopic (exact) mass is 265 g/mol. The number of hydrogen-bond acceptors (Lipinski definition) is 3. The first-order valence-electron chi connectivity index (χ1n) is 5.96. The van der Waals surface area contributed by atoms with Gasteiger partial charge in [-0.05, 0) is 30.0 Å². The van der Waals surface area contributed by atoms with Crippen molar-refractivity contribution < 1.29 is 19.8 Å². The van der Waals surface area contributed by atoms with Crippen LogP contribution in [-0.2, 0) is 4.79 Å². The van der Waals surface area contributed by atoms with Crippen LogP contribution in [0.15, 0.2) is 18.2 Å². The molecule has 0 fully saturated rings. The summed E-state index contributed by atoms with van der Waals surface area (Å²) in [6.07, 6.45) is 0. The summed E-state index contributed by atoms with van der Waals surface area (Å²) in [6.45, 7) is 6.96. The van der Waals surface area contributed by atoms with Crippen LogP contribution in [0.3, 0.4) is 0 Å². The Balaban J connectivity index is 2.98. The van der Waals surface area contributed by atoms with Gasteiger partial charge in [0.25, 0.3) is 5.91 Å². The summed E-state index contributed by atoms with van der Waals surface area (Å²) >= 11 is 0. The number of carbonyl (C=O) groups is 2. The summed E-state index contributed by atoms with van der Waals surface area (Å²) < 4.78 is 0. The van der Waals surface area contributed by atoms with Crippen LogP contribution >= 0.6 is 0 Å². The van der Waals surface area contributed by atoms with Crippen LogP contribution < -0.4 is 5.32 Å². The molecule has 0 aliphatic carbocycles. The van der Waals surface area contributed by atoms with Gasteiger partial charge in [0.05, 0.1) is 5.56 Å². The summed E-state index contributed by atoms with van der Waals surface area (Å²) in [6, 6.07) is 3.59. The van der Waals surface area contributed by atoms with Gasteiger partial charge in [-0.25, -0.2) is 4.79 Å². The molecule has 0 bridgehead atoms. The SMILES string of the molecule is Cc1ccc(C(=O)NC(C(=O)O)C(C)(C)C)c(O)c1. The van der Waals surface area contributed by atoms with E-state index in [2.05, 4.69) is 5.32 Å². The number of aliphatic carboxylic acids is 1. The molecule has 0 heterocycles. The number of hydrogen-bond donors (Lipinski definition) is 3. The molecule has 19 heavy (non-hydrogen) atoms. The third kappa shape index (κ3) is 3.71. The fraction of sp³-hybridized carbons (Fsp3) is 0.429. The highest BCUT2D eigenvalue weighted by molar-refractivity contribution is 5.99. The molecule has 1 aromatic carbocycles. The minimum absolute atomic E-state index is 0.0705. The molecule has 0 aliphatic heterocycles. The normalized spacial score (nSPS) is 12.8. The van der Waals surface area contributed by atoms with Crippen LogP contribution in [0.1, 0.15) is 36.7 Å². The fourth-order valence-electron chi connectivity index (χ4n) is 1.69. The molecule has 0 spiro atoms. The Labute approximate surface area is 112 Å². The third-order valence-corrected chi connectivity index (χ3v) is 2.79. The highest BCUT2D eigenvalue weighted by atomic mass is 16.4. The zero-order valence-electron chi connectivity index (χ0n) is 11.5. The molecule has 1 amide bonds. The van der Waals surface area contributed by atoms with Crippen molar-refractivity contribution in [3.63, 3.8) is 0 Å². The lowest BCUT2D eigenvalue weighted by Crippen LogP contribution is -2.49. The number of aryl methyl sites for hydroxylation is 1. The standard InChI is InChI=1S/C14H19NO4/c1-8-5-6-9(10(16)7-8)12(17)15-11(13(18)19)14(2,3)4/h5-7,11,16H,1-4H3,(H,15,17)(H,18,19). The number of carboxylic acids is 1. The van der Waals surface area contributed by atoms with Gasteiger partial charge in [-0.2, -0.15) is 0 Å². The van der Waals surface area contributed by atoms with Crippen molar-refractivity contribution in [2.75, 3.05) is 0 Å². The van der Waals surface area contributed by atoms with Crippen LogP contribution in [0, 0.1) is 12.3 Å². The molecular weight excluding hydrogens is 246 g/mol. The summed E-state index contributed by atoms with van der Waals surface area (Å²) in [7, 11) is 0. The highest BCUT2D eigenvalue weighted by Crippen LogP contribution is 2.22. The number of carbonyl (C=O) groups excluding carboxylic acids is 1. The van der Waals surface area contributed by atoms with E-state index in [1.807, 2.05) is 0 Å². The Kier molecular flexibility index (Phi) is 4.19. The number of phenols is 1. The fourth-order valence-corrected chi connectivity index (χ4v) is 1.69. The molecule has 104 valence electrons. The Bertz CT molecular complexity index is 503. The van der Waals surface area contributed by atoms with Crippen molar-refractivity contribution >= 4 is 11.9 Å². The Morgan fingerprint density at radius 1 is 1.26 bits per heavy atom. The minimum atomic E-state index is -1.10. The van der Waals surface area contributed by atoms with Gasteiger partial charge < -0.3 is 15.5 Å². The van der Waals surface area contributed by atoms with E-state index in [0.717, 1.165) is 5.56 Å². The quantitative estimate of drug-likeness (QED) is 0.779. The lowest BCUT2D eigenvalue weighted by molar-refractivity contribution is -0.142. The highest BCUT2D eigenvalue weighted by Gasteiger charge is 2.33. The first-order valence-corrected chi connectivity index (χ1v) is 5.96. The molecule has 1 atom stereocenters. The number of rotatable bonds is 3. The van der Waals surface area contributed by atoms with Crippen molar-refractivity contribution in [2.45, 2.75) is 33.7 Å². The topological polar surface area (TPSA) is 86.6 Å². The Morgan fingerprint density at radius 3 is 2.26 bits per heavy atom. The summed E-state index contributed by atoms with van der Waals surface area (Å²) in [5.41, 5.74) is 0.266. The summed E-state index contributed by atoms with van der Waals surface area (Å²) in [4.78, 5) is 23.2. The number of aromatic hydroxyl groups is 1. The molecule has 0 radical (unpaired) electrons. The second-order valence-electron chi connectivity index (χ2n) is 5.63. The maximum Gasteiger partial charge on any atom is 0.326 e. The number of carboxylic acid groups (broad SMARTS) is 1. The molecule has 0 aliphatic rings. The zero-order valence-corrected chi connectivity index (χ0v) is 11.5. The van der Waals surface area contributed by atoms with Crippen LogP contribution in [0.2, 0.25) is 0 Å². The van der Waals surface area contributed by atoms with E-state index in [4.69, 9.17) is 5.11 Å². The molecule has 3 N–H and O–H groups in total. The van der Waals surface area contributed by atoms with Gasteiger partial charge in [0.2, 0.25) is 0 Å². The summed E-state index contributed by atoms with van der Waals surface area (Å²) in [5, 5.41) is 21.3. The molecule has 1 rings (SSSR count). The predicted octanol–water partition coefficient (Wildman–Crippen LogP) is 1.93. The van der Waals surface area contributed by atoms with Gasteiger partial charge in [-0.15, -0.1) is 0 Å². The van der Waals surface area contributed by atoms with Crippen molar-refractivity contribution in [2.24, 2.45) is 5.41 Å². The van der Waals surface area contributed by atoms with Crippen LogP contribution in [-0.4, -0.2) is 28.1 Å². The number of nitrogens with one attached hydrogen (secondary N) is 1. The van der Waals surface area contributed by atoms with Crippen LogP contribution in [0.5, 0.6) is 5.75 Å². The van der Waals surface area contributed by atoms with E-state index in [9.17, 15) is 14.7 Å². The lowest BCUT2D eigenvalue weighted by Gasteiger charge is -2.27. The molecule has 0 saturated heterocycles. The third-order valence-electron chi connectivity index (χ3n) is 2.79. The van der Waals surface area contributed by atoms with Gasteiger partial charge in [-0.3, -0.25) is 4.79 Å². The van der Waals surface area contributed by atoms with Crippen molar-refractivity contribution in [3.8, 4) is 5.75 Å². The van der Waals surface area contributed by atoms with Gasteiger partial charge >= 0.3 is 5.97 Å². The summed E-state index contributed by atoms with van der Waals surface area (Å²) in [5.74, 6) is -1.86. The van der Waals surface area contributed by atoms with Gasteiger partial charge in [0.1, 0.15) is 11.8 Å². The molecule has 5 heteroatoms. The lowest BCUT2D eigenvalue weighted by atomic mass is 9.86. The van der Waals surface area contributed by atoms with Crippen molar-refractivity contribution in [3.05, 3.63) is 29.3 Å². The smallest absolute Gasteiger partial charge is 0.326 e. The zero-order chi connectivity index (χ0) is 14.8. The van der Waals surface area contributed by atoms with Crippen molar-refractivity contribution in [1.29, 1.82) is 0 Å². The molecule has 0 aromatic heterocycles. The maximum absolute atomic E-state index is 12.0. The number of amides is 1. The molecule has 5 nitrogen and oxygen atoms in total. The second-order valence-corrected chi connectivity index (χ2v) is 5.63. The average Bonchev–Trinajstić information content (AvgIpc) is 2.23. The Hall–Kier alpha value is -2.04. The second kappa shape index (κ2) is 5.30. The average molecular weight is 265 g/mol. The van der Waals surface area contributed by atoms with Gasteiger partial charge in [-0.1, -0.05) is 26.8 Å². The first kappa shape index (κ1) is 15.0. The van der Waals surface area contributed by atoms with Crippen molar-refractivity contribution in [1.82, 2.24) is 5.32 Å². The molecule has 1 unspecified atom stereocenters. The number of benzene rings is 1. The van der Waals surface area contributed by atoms with E-state index in [-0.39, 0.29) is 11.3 Å². The predicted molar refractivity (Wildman–Crippen MR) is 71.2 cm³/mol. The van der Waals surface area contributed by atoms with Crippen LogP contribution in [0.4, 0.5) is 0 Å². The minimum Gasteiger partial charge on any atom is -0.507 e. The first-order chi connectivity index (χ1) is 8.62. The maximum atomic E-state index is 12.0. The Morgan fingerprint density at radius 2 is 1.84 bits per heavy atom. The van der Waals surface area contributed by atoms with E-state index < -0.39 is 23.3 Å². The van der Waals surface area contributed by atoms with E-state index in [1.165, 1.54) is 12.1 Å². The largest absolute Gasteiger partial charge is 0.507 e. The van der Waals surface area contributed by atoms with Gasteiger partial charge in [0, 0.05) is 0 Å². The number of phenolic OH excluding ortho intramolecular Hbond substituents is 1. The van der Waals surface area contributed by atoms with Crippen LogP contribution in [0.25, 0.3) is 0 Å². The van der Waals surface area contributed by atoms with E-state index in [1.54, 1.807) is 33.8 Å². The molecule has 1 aromatic rings. The van der Waals surface area contributed by atoms with Gasteiger partial charge in [0.15, 0.2) is 0 Å².